The number of urea groups is 1. The van der Waals surface area contributed by atoms with Gasteiger partial charge in [-0.05, 0) is 35.7 Å². The molecular weight excluding hydrogens is 340 g/mol. The van der Waals surface area contributed by atoms with Gasteiger partial charge in [0.15, 0.2) is 0 Å². The number of thiophene rings is 1. The van der Waals surface area contributed by atoms with Crippen LogP contribution in [-0.2, 0) is 20.7 Å². The molecule has 7 heteroatoms. The molecule has 0 saturated heterocycles. The molecule has 2 N–H and O–H groups in total. The second-order valence-corrected chi connectivity index (χ2v) is 6.04. The normalized spacial score (nSPS) is 11.4. The number of carbonyl (C=O) groups excluding carboxylic acids is 3. The van der Waals surface area contributed by atoms with Crippen molar-refractivity contribution in [2.24, 2.45) is 0 Å². The van der Waals surface area contributed by atoms with Gasteiger partial charge in [-0.15, -0.1) is 0 Å². The molecule has 0 unspecified atom stereocenters. The van der Waals surface area contributed by atoms with Crippen LogP contribution in [0.2, 0.25) is 0 Å². The number of esters is 1. The second-order valence-electron chi connectivity index (χ2n) is 5.26. The van der Waals surface area contributed by atoms with E-state index < -0.39 is 24.0 Å². The van der Waals surface area contributed by atoms with Crippen molar-refractivity contribution in [3.8, 4) is 0 Å². The summed E-state index contributed by atoms with van der Waals surface area (Å²) in [5, 5.41) is 8.56. The maximum Gasteiger partial charge on any atom is 0.321 e. The van der Waals surface area contributed by atoms with Gasteiger partial charge in [0.25, 0.3) is 5.91 Å². The van der Waals surface area contributed by atoms with Gasteiger partial charge in [0.2, 0.25) is 6.10 Å². The number of imide groups is 1. The average molecular weight is 360 g/mol. The van der Waals surface area contributed by atoms with E-state index >= 15 is 0 Å². The summed E-state index contributed by atoms with van der Waals surface area (Å²) in [6, 6.07) is 9.93. The predicted molar refractivity (Wildman–Crippen MR) is 95.1 cm³/mol. The van der Waals surface area contributed by atoms with Gasteiger partial charge in [-0.3, -0.25) is 14.9 Å². The fourth-order valence-corrected chi connectivity index (χ4v) is 2.86. The third-order valence-corrected chi connectivity index (χ3v) is 4.09. The van der Waals surface area contributed by atoms with Crippen molar-refractivity contribution in [1.29, 1.82) is 0 Å². The van der Waals surface area contributed by atoms with E-state index in [0.29, 0.717) is 18.5 Å². The van der Waals surface area contributed by atoms with Crippen molar-refractivity contribution in [2.75, 3.05) is 6.54 Å². The van der Waals surface area contributed by atoms with E-state index in [2.05, 4.69) is 10.6 Å². The van der Waals surface area contributed by atoms with Crippen LogP contribution in [0.15, 0.2) is 47.2 Å². The summed E-state index contributed by atoms with van der Waals surface area (Å²) in [6.07, 6.45) is -0.463. The topological polar surface area (TPSA) is 84.5 Å². The number of hydrogen-bond donors (Lipinski definition) is 2. The van der Waals surface area contributed by atoms with Crippen molar-refractivity contribution in [3.63, 3.8) is 0 Å². The number of benzene rings is 1. The third-order valence-electron chi connectivity index (χ3n) is 3.36. The molecule has 0 aliphatic rings. The van der Waals surface area contributed by atoms with E-state index in [1.54, 1.807) is 48.6 Å². The maximum absolute atomic E-state index is 12.3. The van der Waals surface area contributed by atoms with E-state index in [1.165, 1.54) is 0 Å². The van der Waals surface area contributed by atoms with Gasteiger partial charge < -0.3 is 10.1 Å². The molecule has 6 nitrogen and oxygen atoms in total. The minimum atomic E-state index is -1.17. The van der Waals surface area contributed by atoms with Crippen molar-refractivity contribution >= 4 is 29.2 Å². The van der Waals surface area contributed by atoms with Crippen LogP contribution >= 0.6 is 11.3 Å². The first-order valence-corrected chi connectivity index (χ1v) is 8.88. The Morgan fingerprint density at radius 2 is 1.92 bits per heavy atom. The molecule has 132 valence electrons. The zero-order valence-electron chi connectivity index (χ0n) is 13.9. The molecule has 1 aromatic heterocycles. The summed E-state index contributed by atoms with van der Waals surface area (Å²) in [5.74, 6) is -1.17. The van der Waals surface area contributed by atoms with Crippen LogP contribution in [0, 0.1) is 0 Å². The lowest BCUT2D eigenvalue weighted by molar-refractivity contribution is -0.156. The van der Waals surface area contributed by atoms with Gasteiger partial charge in [-0.2, -0.15) is 11.3 Å². The predicted octanol–water partition coefficient (Wildman–Crippen LogP) is 2.81. The number of carbonyl (C=O) groups is 3. The first kappa shape index (κ1) is 18.7. The zero-order chi connectivity index (χ0) is 18.1. The van der Waals surface area contributed by atoms with Gasteiger partial charge >= 0.3 is 12.0 Å². The van der Waals surface area contributed by atoms with Crippen LogP contribution in [-0.4, -0.2) is 24.5 Å². The van der Waals surface area contributed by atoms with Crippen LogP contribution in [0.25, 0.3) is 0 Å². The van der Waals surface area contributed by atoms with Crippen LogP contribution in [0.5, 0.6) is 0 Å². The molecule has 2 rings (SSSR count). The Morgan fingerprint density at radius 3 is 2.56 bits per heavy atom. The molecule has 1 aromatic carbocycles. The minimum absolute atomic E-state index is 0.161. The van der Waals surface area contributed by atoms with E-state index in [-0.39, 0.29) is 6.42 Å². The Balaban J connectivity index is 2.02. The average Bonchev–Trinajstić information content (AvgIpc) is 3.12. The number of amides is 3. The van der Waals surface area contributed by atoms with Crippen LogP contribution in [0.1, 0.15) is 30.6 Å². The van der Waals surface area contributed by atoms with Crippen LogP contribution < -0.4 is 10.6 Å². The number of rotatable bonds is 7. The van der Waals surface area contributed by atoms with Gasteiger partial charge in [-0.25, -0.2) is 4.79 Å². The summed E-state index contributed by atoms with van der Waals surface area (Å²) >= 11 is 1.56. The fourth-order valence-electron chi connectivity index (χ4n) is 2.15. The lowest BCUT2D eigenvalue weighted by Gasteiger charge is -2.17. The monoisotopic (exact) mass is 360 g/mol. The molecule has 3 amide bonds. The Morgan fingerprint density at radius 1 is 1.16 bits per heavy atom. The van der Waals surface area contributed by atoms with Gasteiger partial charge in [0.05, 0.1) is 0 Å². The van der Waals surface area contributed by atoms with E-state index in [0.717, 1.165) is 5.56 Å². The first-order chi connectivity index (χ1) is 12.1. The van der Waals surface area contributed by atoms with Gasteiger partial charge in [0.1, 0.15) is 0 Å². The zero-order valence-corrected chi connectivity index (χ0v) is 14.7. The quantitative estimate of drug-likeness (QED) is 0.744. The second kappa shape index (κ2) is 9.58. The molecule has 1 atom stereocenters. The molecular formula is C18H20N2O4S. The highest BCUT2D eigenvalue weighted by molar-refractivity contribution is 7.07. The van der Waals surface area contributed by atoms with Crippen LogP contribution in [0.4, 0.5) is 4.79 Å². The summed E-state index contributed by atoms with van der Waals surface area (Å²) in [6.45, 7) is 2.12. The SMILES string of the molecule is CCNC(=O)NC(=O)[C@@H](OC(=O)CCc1ccsc1)c1ccccc1. The van der Waals surface area contributed by atoms with Gasteiger partial charge in [0, 0.05) is 18.5 Å². The molecule has 1 heterocycles. The van der Waals surface area contributed by atoms with Crippen molar-refractivity contribution < 1.29 is 19.1 Å². The van der Waals surface area contributed by atoms with Crippen molar-refractivity contribution in [1.82, 2.24) is 10.6 Å². The number of nitrogens with one attached hydrogen (secondary N) is 2. The highest BCUT2D eigenvalue weighted by Crippen LogP contribution is 2.19. The maximum atomic E-state index is 12.3. The molecule has 0 fully saturated rings. The van der Waals surface area contributed by atoms with Crippen LogP contribution in [0.3, 0.4) is 0 Å². The number of aryl methyl sites for hydroxylation is 1. The molecule has 0 aliphatic carbocycles. The largest absolute Gasteiger partial charge is 0.447 e. The lowest BCUT2D eigenvalue weighted by atomic mass is 10.1. The molecule has 0 saturated carbocycles. The number of hydrogen-bond acceptors (Lipinski definition) is 5. The Labute approximate surface area is 150 Å². The molecule has 0 radical (unpaired) electrons. The van der Waals surface area contributed by atoms with E-state index in [1.807, 2.05) is 16.8 Å². The molecule has 0 spiro atoms. The number of ether oxygens (including phenoxy) is 1. The summed E-state index contributed by atoms with van der Waals surface area (Å²) < 4.78 is 5.35. The standard InChI is InChI=1S/C18H20N2O4S/c1-2-19-18(23)20-17(22)16(14-6-4-3-5-7-14)24-15(21)9-8-13-10-11-25-12-13/h3-7,10-12,16H,2,8-9H2,1H3,(H2,19,20,22,23)/t16-/m0/s1. The third kappa shape index (κ3) is 6.04. The highest BCUT2D eigenvalue weighted by atomic mass is 32.1. The Bertz CT molecular complexity index is 701. The highest BCUT2D eigenvalue weighted by Gasteiger charge is 2.26. The minimum Gasteiger partial charge on any atom is -0.447 e. The van der Waals surface area contributed by atoms with Crippen molar-refractivity contribution in [3.05, 3.63) is 58.3 Å². The molecule has 0 aliphatic heterocycles. The van der Waals surface area contributed by atoms with E-state index in [4.69, 9.17) is 4.74 Å². The van der Waals surface area contributed by atoms with Gasteiger partial charge in [-0.1, -0.05) is 30.3 Å². The fraction of sp³-hybridized carbons (Fsp3) is 0.278. The molecule has 2 aromatic rings. The van der Waals surface area contributed by atoms with Crippen molar-refractivity contribution in [2.45, 2.75) is 25.9 Å². The Kier molecular flexibility index (Phi) is 7.16. The Hall–Kier alpha value is -2.67. The summed E-state index contributed by atoms with van der Waals surface area (Å²) in [5.41, 5.74) is 1.55. The smallest absolute Gasteiger partial charge is 0.321 e. The van der Waals surface area contributed by atoms with E-state index in [9.17, 15) is 14.4 Å². The summed E-state index contributed by atoms with van der Waals surface area (Å²) in [7, 11) is 0. The molecule has 25 heavy (non-hydrogen) atoms. The lowest BCUT2D eigenvalue weighted by Crippen LogP contribution is -2.42. The first-order valence-electron chi connectivity index (χ1n) is 7.94. The molecule has 0 bridgehead atoms. The summed E-state index contributed by atoms with van der Waals surface area (Å²) in [4.78, 5) is 36.1.